The molecule has 1 aliphatic rings. The first-order valence-electron chi connectivity index (χ1n) is 4.01. The van der Waals surface area contributed by atoms with Crippen molar-refractivity contribution in [2.45, 2.75) is 16.6 Å². The summed E-state index contributed by atoms with van der Waals surface area (Å²) in [6.45, 7) is 0. The second-order valence-corrected chi connectivity index (χ2v) is 6.44. The Labute approximate surface area is 85.4 Å². The Morgan fingerprint density at radius 2 is 2.36 bits per heavy atom. The van der Waals surface area contributed by atoms with E-state index >= 15 is 0 Å². The van der Waals surface area contributed by atoms with Gasteiger partial charge in [-0.2, -0.15) is 0 Å². The summed E-state index contributed by atoms with van der Waals surface area (Å²) < 4.78 is 27.3. The maximum absolute atomic E-state index is 11.2. The summed E-state index contributed by atoms with van der Waals surface area (Å²) in [5.74, 6) is -0.174. The minimum atomic E-state index is -3.09. The fourth-order valence-corrected chi connectivity index (χ4v) is 4.68. The molecule has 7 heteroatoms. The Bertz CT molecular complexity index is 399. The summed E-state index contributed by atoms with van der Waals surface area (Å²) >= 11 is 1.16. The maximum Gasteiger partial charge on any atom is 0.255 e. The van der Waals surface area contributed by atoms with Gasteiger partial charge < -0.3 is 9.52 Å². The number of oxazole rings is 1. The highest BCUT2D eigenvalue weighted by atomic mass is 32.2. The number of rotatable bonds is 2. The molecule has 1 N–H and O–H groups in total. The van der Waals surface area contributed by atoms with Crippen LogP contribution in [-0.4, -0.2) is 41.4 Å². The van der Waals surface area contributed by atoms with Crippen LogP contribution < -0.4 is 0 Å². The average Bonchev–Trinajstić information content (AvgIpc) is 2.61. The van der Waals surface area contributed by atoms with Gasteiger partial charge in [0.05, 0.1) is 29.1 Å². The zero-order valence-electron chi connectivity index (χ0n) is 7.16. The second kappa shape index (κ2) is 3.56. The Hall–Kier alpha value is -0.530. The molecule has 2 atom stereocenters. The highest BCUT2D eigenvalue weighted by Gasteiger charge is 2.37. The molecule has 78 valence electrons. The first kappa shape index (κ1) is 10.0. The van der Waals surface area contributed by atoms with E-state index in [0.29, 0.717) is 5.22 Å². The molecule has 0 saturated carbocycles. The van der Waals surface area contributed by atoms with Crippen molar-refractivity contribution in [2.75, 3.05) is 11.5 Å². The number of nitrogens with zero attached hydrogens (tertiary/aromatic N) is 1. The second-order valence-electron chi connectivity index (χ2n) is 3.10. The van der Waals surface area contributed by atoms with Gasteiger partial charge in [-0.1, -0.05) is 11.8 Å². The molecule has 2 rings (SSSR count). The molecule has 0 bridgehead atoms. The van der Waals surface area contributed by atoms with Gasteiger partial charge >= 0.3 is 0 Å². The Morgan fingerprint density at radius 1 is 1.57 bits per heavy atom. The number of aliphatic hydroxyl groups is 1. The van der Waals surface area contributed by atoms with Gasteiger partial charge in [0.2, 0.25) is 0 Å². The van der Waals surface area contributed by atoms with Crippen molar-refractivity contribution in [3.05, 3.63) is 12.5 Å². The van der Waals surface area contributed by atoms with Crippen molar-refractivity contribution >= 4 is 21.6 Å². The van der Waals surface area contributed by atoms with Crippen LogP contribution in [0.25, 0.3) is 0 Å². The fourth-order valence-electron chi connectivity index (χ4n) is 1.31. The van der Waals surface area contributed by atoms with E-state index in [9.17, 15) is 13.5 Å². The van der Waals surface area contributed by atoms with Crippen LogP contribution in [0.15, 0.2) is 22.1 Å². The Balaban J connectivity index is 2.07. The molecule has 1 aromatic heterocycles. The molecule has 0 aliphatic carbocycles. The summed E-state index contributed by atoms with van der Waals surface area (Å²) in [5.41, 5.74) is 0. The van der Waals surface area contributed by atoms with E-state index in [1.54, 1.807) is 0 Å². The predicted octanol–water partition coefficient (Wildman–Crippen LogP) is -0.0754. The van der Waals surface area contributed by atoms with Crippen LogP contribution in [0.1, 0.15) is 0 Å². The van der Waals surface area contributed by atoms with Gasteiger partial charge in [-0.3, -0.25) is 0 Å². The number of hydrogen-bond donors (Lipinski definition) is 1. The van der Waals surface area contributed by atoms with Gasteiger partial charge in [0.15, 0.2) is 9.84 Å². The molecule has 1 aromatic rings. The normalized spacial score (nSPS) is 30.6. The van der Waals surface area contributed by atoms with Crippen LogP contribution in [0.3, 0.4) is 0 Å². The van der Waals surface area contributed by atoms with Gasteiger partial charge in [-0.05, 0) is 0 Å². The zero-order chi connectivity index (χ0) is 10.2. The molecule has 2 heterocycles. The van der Waals surface area contributed by atoms with E-state index in [1.807, 2.05) is 0 Å². The van der Waals surface area contributed by atoms with E-state index in [-0.39, 0.29) is 16.8 Å². The van der Waals surface area contributed by atoms with E-state index in [0.717, 1.165) is 11.8 Å². The number of aromatic nitrogens is 1. The lowest BCUT2D eigenvalue weighted by Gasteiger charge is -2.08. The first-order valence-corrected chi connectivity index (χ1v) is 6.71. The molecule has 1 aliphatic heterocycles. The van der Waals surface area contributed by atoms with Gasteiger partial charge in [-0.25, -0.2) is 13.4 Å². The van der Waals surface area contributed by atoms with Crippen molar-refractivity contribution in [2.24, 2.45) is 0 Å². The van der Waals surface area contributed by atoms with Crippen LogP contribution in [0.5, 0.6) is 0 Å². The smallest absolute Gasteiger partial charge is 0.255 e. The third-order valence-corrected chi connectivity index (χ3v) is 5.05. The third-order valence-electron chi connectivity index (χ3n) is 1.93. The summed E-state index contributed by atoms with van der Waals surface area (Å²) in [5, 5.41) is 9.49. The van der Waals surface area contributed by atoms with Gasteiger partial charge in [0.25, 0.3) is 5.22 Å². The zero-order valence-corrected chi connectivity index (χ0v) is 8.79. The van der Waals surface area contributed by atoms with Crippen LogP contribution in [0, 0.1) is 0 Å². The molecule has 14 heavy (non-hydrogen) atoms. The minimum Gasteiger partial charge on any atom is -0.440 e. The van der Waals surface area contributed by atoms with Crippen molar-refractivity contribution < 1.29 is 17.9 Å². The molecule has 0 spiro atoms. The topological polar surface area (TPSA) is 80.4 Å². The highest BCUT2D eigenvalue weighted by Crippen LogP contribution is 2.29. The lowest BCUT2D eigenvalue weighted by molar-refractivity contribution is 0.207. The lowest BCUT2D eigenvalue weighted by Crippen LogP contribution is -2.19. The summed E-state index contributed by atoms with van der Waals surface area (Å²) in [4.78, 5) is 3.85. The largest absolute Gasteiger partial charge is 0.440 e. The monoisotopic (exact) mass is 235 g/mol. The highest BCUT2D eigenvalue weighted by molar-refractivity contribution is 8.01. The standard InChI is InChI=1S/C7H9NO4S2/c9-5-3-14(10,11)4-6(5)13-7-8-1-2-12-7/h1-2,5-6,9H,3-4H2. The number of thioether (sulfide) groups is 1. The number of hydrogen-bond acceptors (Lipinski definition) is 6. The molecule has 2 unspecified atom stereocenters. The van der Waals surface area contributed by atoms with Crippen LogP contribution in [0.4, 0.5) is 0 Å². The van der Waals surface area contributed by atoms with Crippen LogP contribution >= 0.6 is 11.8 Å². The van der Waals surface area contributed by atoms with Crippen molar-refractivity contribution in [1.82, 2.24) is 4.98 Å². The Morgan fingerprint density at radius 3 is 2.86 bits per heavy atom. The molecule has 1 saturated heterocycles. The maximum atomic E-state index is 11.2. The average molecular weight is 235 g/mol. The van der Waals surface area contributed by atoms with E-state index in [1.165, 1.54) is 12.5 Å². The third kappa shape index (κ3) is 2.10. The van der Waals surface area contributed by atoms with Crippen LogP contribution in [-0.2, 0) is 9.84 Å². The van der Waals surface area contributed by atoms with E-state index < -0.39 is 15.9 Å². The van der Waals surface area contributed by atoms with E-state index in [4.69, 9.17) is 4.42 Å². The molecular formula is C7H9NO4S2. The Kier molecular flexibility index (Phi) is 2.54. The molecule has 5 nitrogen and oxygen atoms in total. The van der Waals surface area contributed by atoms with Gasteiger partial charge in [-0.15, -0.1) is 0 Å². The molecule has 1 fully saturated rings. The van der Waals surface area contributed by atoms with Crippen molar-refractivity contribution in [1.29, 1.82) is 0 Å². The lowest BCUT2D eigenvalue weighted by atomic mass is 10.3. The first-order chi connectivity index (χ1) is 6.57. The molecular weight excluding hydrogens is 226 g/mol. The van der Waals surface area contributed by atoms with Crippen molar-refractivity contribution in [3.63, 3.8) is 0 Å². The van der Waals surface area contributed by atoms with Gasteiger partial charge in [0, 0.05) is 0 Å². The number of sulfone groups is 1. The predicted molar refractivity (Wildman–Crippen MR) is 50.8 cm³/mol. The van der Waals surface area contributed by atoms with E-state index in [2.05, 4.69) is 4.98 Å². The summed E-state index contributed by atoms with van der Waals surface area (Å²) in [6, 6.07) is 0. The SMILES string of the molecule is O=S1(=O)CC(O)C(Sc2ncco2)C1. The minimum absolute atomic E-state index is 0.0127. The van der Waals surface area contributed by atoms with Gasteiger partial charge in [0.1, 0.15) is 6.26 Å². The molecule has 0 aromatic carbocycles. The molecule has 0 radical (unpaired) electrons. The van der Waals surface area contributed by atoms with Crippen molar-refractivity contribution in [3.8, 4) is 0 Å². The molecule has 0 amide bonds. The fraction of sp³-hybridized carbons (Fsp3) is 0.571. The summed E-state index contributed by atoms with van der Waals surface area (Å²) in [7, 11) is -3.09. The van der Waals surface area contributed by atoms with Crippen LogP contribution in [0.2, 0.25) is 0 Å². The quantitative estimate of drug-likeness (QED) is 0.772. The summed E-state index contributed by atoms with van der Waals surface area (Å²) in [6.07, 6.45) is 2.08. The number of aliphatic hydroxyl groups excluding tert-OH is 1.